The third-order valence-corrected chi connectivity index (χ3v) is 5.25. The Bertz CT molecular complexity index is 975. The molecule has 1 aliphatic heterocycles. The van der Waals surface area contributed by atoms with Crippen LogP contribution < -0.4 is 15.5 Å². The van der Waals surface area contributed by atoms with Crippen LogP contribution in [0.15, 0.2) is 18.6 Å². The lowest BCUT2D eigenvalue weighted by atomic mass is 10.1. The average Bonchev–Trinajstić information content (AvgIpc) is 3.10. The van der Waals surface area contributed by atoms with Crippen LogP contribution in [0.25, 0.3) is 11.0 Å². The smallest absolute Gasteiger partial charge is 0.228 e. The zero-order chi connectivity index (χ0) is 20.9. The van der Waals surface area contributed by atoms with Crippen molar-refractivity contribution < 1.29 is 4.74 Å². The third-order valence-electron chi connectivity index (χ3n) is 5.25. The first-order valence-corrected chi connectivity index (χ1v) is 10.5. The van der Waals surface area contributed by atoms with E-state index < -0.39 is 0 Å². The monoisotopic (exact) mass is 411 g/mol. The van der Waals surface area contributed by atoms with Crippen molar-refractivity contribution in [2.75, 3.05) is 43.1 Å². The molecule has 0 bridgehead atoms. The molecule has 0 aliphatic carbocycles. The number of hydrogen-bond donors (Lipinski definition) is 2. The molecule has 10 nitrogen and oxygen atoms in total. The van der Waals surface area contributed by atoms with E-state index in [1.165, 1.54) is 6.33 Å². The van der Waals surface area contributed by atoms with E-state index >= 15 is 0 Å². The van der Waals surface area contributed by atoms with Gasteiger partial charge in [0.25, 0.3) is 0 Å². The minimum atomic E-state index is 0.436. The Hall–Kier alpha value is -2.85. The van der Waals surface area contributed by atoms with Crippen LogP contribution in [0.2, 0.25) is 0 Å². The fourth-order valence-electron chi connectivity index (χ4n) is 3.67. The number of fused-ring (bicyclic) bond motifs is 1. The SMILES string of the molecule is CCOCCn1nc(C)c2nc(N3CCN[C@H](CC)C3)nc(Nc3ccncn3)c21. The molecule has 0 spiro atoms. The number of piperazine rings is 1. The summed E-state index contributed by atoms with van der Waals surface area (Å²) in [6.45, 7) is 10.7. The van der Waals surface area contributed by atoms with Crippen molar-refractivity contribution in [3.8, 4) is 0 Å². The number of ether oxygens (including phenoxy) is 1. The second-order valence-electron chi connectivity index (χ2n) is 7.30. The van der Waals surface area contributed by atoms with Crippen LogP contribution in [0.1, 0.15) is 26.0 Å². The van der Waals surface area contributed by atoms with Gasteiger partial charge in [0.15, 0.2) is 5.82 Å². The van der Waals surface area contributed by atoms with Gasteiger partial charge in [0, 0.05) is 38.5 Å². The van der Waals surface area contributed by atoms with Crippen LogP contribution in [0.4, 0.5) is 17.6 Å². The lowest BCUT2D eigenvalue weighted by Crippen LogP contribution is -2.51. The molecule has 3 aromatic rings. The van der Waals surface area contributed by atoms with Gasteiger partial charge in [0.1, 0.15) is 23.2 Å². The summed E-state index contributed by atoms with van der Waals surface area (Å²) in [5, 5.41) is 11.6. The summed E-state index contributed by atoms with van der Waals surface area (Å²) >= 11 is 0. The van der Waals surface area contributed by atoms with Gasteiger partial charge in [-0.25, -0.2) is 15.0 Å². The summed E-state index contributed by atoms with van der Waals surface area (Å²) in [6.07, 6.45) is 4.29. The largest absolute Gasteiger partial charge is 0.380 e. The molecular formula is C20H29N9O. The molecule has 0 saturated carbocycles. The van der Waals surface area contributed by atoms with Crippen LogP contribution in [0, 0.1) is 6.92 Å². The van der Waals surface area contributed by atoms with E-state index in [9.17, 15) is 0 Å². The van der Waals surface area contributed by atoms with E-state index in [1.807, 2.05) is 24.6 Å². The number of nitrogens with zero attached hydrogens (tertiary/aromatic N) is 7. The second kappa shape index (κ2) is 9.31. The molecule has 0 unspecified atom stereocenters. The van der Waals surface area contributed by atoms with Crippen molar-refractivity contribution in [3.05, 3.63) is 24.3 Å². The number of hydrogen-bond acceptors (Lipinski definition) is 9. The fraction of sp³-hybridized carbons (Fsp3) is 0.550. The maximum absolute atomic E-state index is 5.54. The molecule has 0 aromatic carbocycles. The first-order valence-electron chi connectivity index (χ1n) is 10.5. The molecule has 2 N–H and O–H groups in total. The number of anilines is 3. The normalized spacial score (nSPS) is 16.9. The third kappa shape index (κ3) is 4.34. The predicted octanol–water partition coefficient (Wildman–Crippen LogP) is 1.89. The molecule has 3 aromatic heterocycles. The van der Waals surface area contributed by atoms with E-state index in [1.54, 1.807) is 6.20 Å². The van der Waals surface area contributed by atoms with E-state index in [-0.39, 0.29) is 0 Å². The highest BCUT2D eigenvalue weighted by atomic mass is 16.5. The summed E-state index contributed by atoms with van der Waals surface area (Å²) < 4.78 is 7.46. The molecule has 1 aliphatic rings. The maximum Gasteiger partial charge on any atom is 0.228 e. The van der Waals surface area contributed by atoms with Gasteiger partial charge in [0.05, 0.1) is 18.8 Å². The molecule has 4 rings (SSSR count). The summed E-state index contributed by atoms with van der Waals surface area (Å²) in [5.74, 6) is 2.08. The highest BCUT2D eigenvalue weighted by molar-refractivity contribution is 5.90. The Balaban J connectivity index is 1.76. The predicted molar refractivity (Wildman–Crippen MR) is 116 cm³/mol. The van der Waals surface area contributed by atoms with Crippen molar-refractivity contribution >= 4 is 28.6 Å². The minimum Gasteiger partial charge on any atom is -0.380 e. The minimum absolute atomic E-state index is 0.436. The van der Waals surface area contributed by atoms with Gasteiger partial charge in [-0.05, 0) is 26.3 Å². The van der Waals surface area contributed by atoms with Gasteiger partial charge < -0.3 is 20.3 Å². The molecule has 10 heteroatoms. The Kier molecular flexibility index (Phi) is 6.34. The zero-order valence-corrected chi connectivity index (χ0v) is 17.8. The van der Waals surface area contributed by atoms with Gasteiger partial charge in [-0.3, -0.25) is 4.68 Å². The molecule has 4 heterocycles. The van der Waals surface area contributed by atoms with Crippen molar-refractivity contribution in [3.63, 3.8) is 0 Å². The number of nitrogens with one attached hydrogen (secondary N) is 2. The van der Waals surface area contributed by atoms with Gasteiger partial charge in [-0.2, -0.15) is 10.1 Å². The van der Waals surface area contributed by atoms with Crippen LogP contribution in [0.5, 0.6) is 0 Å². The number of aromatic nitrogens is 6. The van der Waals surface area contributed by atoms with E-state index in [2.05, 4.69) is 32.4 Å². The van der Waals surface area contributed by atoms with Gasteiger partial charge in [-0.1, -0.05) is 6.92 Å². The topological polar surface area (TPSA) is 106 Å². The molecule has 1 saturated heterocycles. The fourth-order valence-corrected chi connectivity index (χ4v) is 3.67. The van der Waals surface area contributed by atoms with Crippen LogP contribution in [-0.2, 0) is 11.3 Å². The summed E-state index contributed by atoms with van der Waals surface area (Å²) in [7, 11) is 0. The maximum atomic E-state index is 5.54. The van der Waals surface area contributed by atoms with Crippen LogP contribution >= 0.6 is 0 Å². The van der Waals surface area contributed by atoms with Crippen molar-refractivity contribution in [1.82, 2.24) is 35.0 Å². The Morgan fingerprint density at radius 1 is 1.30 bits per heavy atom. The first-order chi connectivity index (χ1) is 14.7. The number of rotatable bonds is 8. The van der Waals surface area contributed by atoms with Crippen molar-refractivity contribution in [2.45, 2.75) is 39.8 Å². The number of aryl methyl sites for hydroxylation is 1. The van der Waals surface area contributed by atoms with Crippen molar-refractivity contribution in [2.24, 2.45) is 0 Å². The van der Waals surface area contributed by atoms with Gasteiger partial charge in [-0.15, -0.1) is 0 Å². The lowest BCUT2D eigenvalue weighted by Gasteiger charge is -2.33. The Morgan fingerprint density at radius 2 is 2.20 bits per heavy atom. The van der Waals surface area contributed by atoms with Crippen LogP contribution in [0.3, 0.4) is 0 Å². The zero-order valence-electron chi connectivity index (χ0n) is 17.8. The molecule has 160 valence electrons. The summed E-state index contributed by atoms with van der Waals surface area (Å²) in [6, 6.07) is 2.26. The lowest BCUT2D eigenvalue weighted by molar-refractivity contribution is 0.137. The Labute approximate surface area is 176 Å². The molecule has 0 radical (unpaired) electrons. The molecule has 30 heavy (non-hydrogen) atoms. The molecule has 0 amide bonds. The quantitative estimate of drug-likeness (QED) is 0.538. The van der Waals surface area contributed by atoms with E-state index in [0.717, 1.165) is 42.8 Å². The standard InChI is InChI=1S/C20H29N9O/c1-4-15-12-28(9-8-22-15)20-25-17-14(3)27-29(10-11-30-5-2)18(17)19(26-20)24-16-6-7-21-13-23-16/h6-7,13,15,22H,4-5,8-12H2,1-3H3,(H,21,23,24,25,26)/t15-/m1/s1. The summed E-state index contributed by atoms with van der Waals surface area (Å²) in [4.78, 5) is 20.4. The average molecular weight is 412 g/mol. The van der Waals surface area contributed by atoms with Crippen LogP contribution in [-0.4, -0.2) is 68.6 Å². The Morgan fingerprint density at radius 3 is 2.97 bits per heavy atom. The highest BCUT2D eigenvalue weighted by Gasteiger charge is 2.24. The molecular weight excluding hydrogens is 382 g/mol. The first kappa shape index (κ1) is 20.4. The van der Waals surface area contributed by atoms with Gasteiger partial charge in [0.2, 0.25) is 5.95 Å². The molecule has 1 atom stereocenters. The second-order valence-corrected chi connectivity index (χ2v) is 7.30. The highest BCUT2D eigenvalue weighted by Crippen LogP contribution is 2.28. The van der Waals surface area contributed by atoms with Gasteiger partial charge >= 0.3 is 0 Å². The molecule has 1 fully saturated rings. The van der Waals surface area contributed by atoms with E-state index in [4.69, 9.17) is 19.8 Å². The van der Waals surface area contributed by atoms with Crippen molar-refractivity contribution in [1.29, 1.82) is 0 Å². The summed E-state index contributed by atoms with van der Waals surface area (Å²) in [5.41, 5.74) is 2.58. The van der Waals surface area contributed by atoms with E-state index in [0.29, 0.717) is 43.4 Å².